The van der Waals surface area contributed by atoms with Gasteiger partial charge in [0.05, 0.1) is 12.7 Å². The summed E-state index contributed by atoms with van der Waals surface area (Å²) < 4.78 is 6.12. The number of benzene rings is 1. The second-order valence-electron chi connectivity index (χ2n) is 6.24. The van der Waals surface area contributed by atoms with Gasteiger partial charge in [-0.05, 0) is 35.9 Å². The molecule has 0 spiro atoms. The van der Waals surface area contributed by atoms with Crippen molar-refractivity contribution in [3.63, 3.8) is 0 Å². The minimum Gasteiger partial charge on any atom is -0.372 e. The summed E-state index contributed by atoms with van der Waals surface area (Å²) in [5.74, 6) is 1.07. The molecule has 3 heterocycles. The molecule has 2 aromatic heterocycles. The van der Waals surface area contributed by atoms with Crippen LogP contribution in [0.15, 0.2) is 61.1 Å². The summed E-state index contributed by atoms with van der Waals surface area (Å²) in [6.45, 7) is 2.55. The summed E-state index contributed by atoms with van der Waals surface area (Å²) in [6, 6.07) is 14.5. The molecule has 1 fully saturated rings. The molecule has 1 aliphatic heterocycles. The number of fused-ring (bicyclic) bond motifs is 1. The number of aromatic nitrogens is 2. The Kier molecular flexibility index (Phi) is 4.38. The van der Waals surface area contributed by atoms with E-state index in [1.54, 1.807) is 6.20 Å². The van der Waals surface area contributed by atoms with E-state index in [1.165, 1.54) is 10.8 Å². The van der Waals surface area contributed by atoms with Crippen molar-refractivity contribution >= 4 is 16.6 Å². The Balaban J connectivity index is 1.48. The van der Waals surface area contributed by atoms with E-state index in [0.29, 0.717) is 6.61 Å². The predicted octanol–water partition coefficient (Wildman–Crippen LogP) is 3.82. The van der Waals surface area contributed by atoms with Gasteiger partial charge in [0, 0.05) is 37.1 Å². The van der Waals surface area contributed by atoms with Crippen molar-refractivity contribution in [1.29, 1.82) is 0 Å². The predicted molar refractivity (Wildman–Crippen MR) is 96.0 cm³/mol. The van der Waals surface area contributed by atoms with Crippen LogP contribution in [0.4, 0.5) is 5.82 Å². The fraction of sp³-hybridized carbons (Fsp3) is 0.300. The zero-order valence-corrected chi connectivity index (χ0v) is 13.6. The van der Waals surface area contributed by atoms with Gasteiger partial charge in [-0.3, -0.25) is 4.98 Å². The second kappa shape index (κ2) is 6.97. The van der Waals surface area contributed by atoms with Crippen LogP contribution in [-0.4, -0.2) is 29.2 Å². The van der Waals surface area contributed by atoms with Gasteiger partial charge in [0.15, 0.2) is 0 Å². The fourth-order valence-corrected chi connectivity index (χ4v) is 3.32. The van der Waals surface area contributed by atoms with Gasteiger partial charge in [0.1, 0.15) is 5.82 Å². The van der Waals surface area contributed by atoms with Crippen LogP contribution < -0.4 is 4.90 Å². The smallest absolute Gasteiger partial charge is 0.136 e. The van der Waals surface area contributed by atoms with Crippen molar-refractivity contribution in [2.24, 2.45) is 0 Å². The van der Waals surface area contributed by atoms with E-state index in [2.05, 4.69) is 51.3 Å². The lowest BCUT2D eigenvalue weighted by atomic mass is 10.1. The molecule has 1 aliphatic rings. The summed E-state index contributed by atoms with van der Waals surface area (Å²) in [7, 11) is 0. The molecule has 0 amide bonds. The van der Waals surface area contributed by atoms with Crippen LogP contribution in [0.1, 0.15) is 18.4 Å². The number of anilines is 1. The summed E-state index contributed by atoms with van der Waals surface area (Å²) >= 11 is 0. The Labute approximate surface area is 142 Å². The van der Waals surface area contributed by atoms with Crippen LogP contribution in [0, 0.1) is 0 Å². The summed E-state index contributed by atoms with van der Waals surface area (Å²) in [4.78, 5) is 11.1. The maximum Gasteiger partial charge on any atom is 0.136 e. The lowest BCUT2D eigenvalue weighted by Gasteiger charge is -2.34. The topological polar surface area (TPSA) is 38.2 Å². The van der Waals surface area contributed by atoms with Crippen molar-refractivity contribution in [2.75, 3.05) is 18.0 Å². The monoisotopic (exact) mass is 319 g/mol. The van der Waals surface area contributed by atoms with Gasteiger partial charge < -0.3 is 9.64 Å². The van der Waals surface area contributed by atoms with Crippen LogP contribution >= 0.6 is 0 Å². The van der Waals surface area contributed by atoms with E-state index in [1.807, 2.05) is 18.5 Å². The van der Waals surface area contributed by atoms with Crippen molar-refractivity contribution < 1.29 is 4.74 Å². The van der Waals surface area contributed by atoms with Crippen molar-refractivity contribution in [3.8, 4) is 0 Å². The van der Waals surface area contributed by atoms with Crippen LogP contribution in [0.25, 0.3) is 10.8 Å². The molecule has 0 aliphatic carbocycles. The molecule has 4 heteroatoms. The molecule has 4 rings (SSSR count). The van der Waals surface area contributed by atoms with Gasteiger partial charge in [0.25, 0.3) is 0 Å². The maximum atomic E-state index is 6.12. The fourth-order valence-electron chi connectivity index (χ4n) is 3.32. The average Bonchev–Trinajstić information content (AvgIpc) is 2.67. The number of hydrogen-bond acceptors (Lipinski definition) is 4. The highest BCUT2D eigenvalue weighted by molar-refractivity contribution is 5.92. The first-order valence-electron chi connectivity index (χ1n) is 8.49. The average molecular weight is 319 g/mol. The molecular formula is C20H21N3O. The molecule has 122 valence electrons. The summed E-state index contributed by atoms with van der Waals surface area (Å²) in [6.07, 6.45) is 8.02. The first kappa shape index (κ1) is 15.1. The number of nitrogens with zero attached hydrogens (tertiary/aromatic N) is 3. The van der Waals surface area contributed by atoms with Gasteiger partial charge in [0.2, 0.25) is 0 Å². The molecule has 0 unspecified atom stereocenters. The number of pyridine rings is 2. The van der Waals surface area contributed by atoms with Gasteiger partial charge in [-0.2, -0.15) is 0 Å². The molecule has 0 bridgehead atoms. The Morgan fingerprint density at radius 1 is 1.08 bits per heavy atom. The Morgan fingerprint density at radius 3 is 2.96 bits per heavy atom. The SMILES string of the molecule is c1cncc(CO[C@H]2CCCN(c3nccc4ccccc34)C2)c1. The molecule has 24 heavy (non-hydrogen) atoms. The second-order valence-corrected chi connectivity index (χ2v) is 6.24. The van der Waals surface area contributed by atoms with Crippen LogP contribution in [-0.2, 0) is 11.3 Å². The van der Waals surface area contributed by atoms with Gasteiger partial charge in [-0.25, -0.2) is 4.98 Å². The minimum atomic E-state index is 0.236. The number of piperidine rings is 1. The van der Waals surface area contributed by atoms with Gasteiger partial charge in [-0.15, -0.1) is 0 Å². The first-order valence-corrected chi connectivity index (χ1v) is 8.49. The highest BCUT2D eigenvalue weighted by Crippen LogP contribution is 2.27. The third-order valence-corrected chi connectivity index (χ3v) is 4.54. The standard InChI is InChI=1S/C20H21N3O/c1-2-8-19-17(6-1)9-11-22-20(19)23-12-4-7-18(14-23)24-15-16-5-3-10-21-13-16/h1-3,5-6,8-11,13,18H,4,7,12,14-15H2/t18-/m0/s1. The lowest BCUT2D eigenvalue weighted by Crippen LogP contribution is -2.40. The highest BCUT2D eigenvalue weighted by Gasteiger charge is 2.22. The molecule has 0 radical (unpaired) electrons. The first-order chi connectivity index (χ1) is 11.9. The molecule has 1 aromatic carbocycles. The normalized spacial score (nSPS) is 18.0. The molecule has 4 nitrogen and oxygen atoms in total. The summed E-state index contributed by atoms with van der Waals surface area (Å²) in [5, 5.41) is 2.45. The van der Waals surface area contributed by atoms with Gasteiger partial charge in [-0.1, -0.05) is 30.3 Å². The molecular weight excluding hydrogens is 298 g/mol. The lowest BCUT2D eigenvalue weighted by molar-refractivity contribution is 0.0313. The Hall–Kier alpha value is -2.46. The Morgan fingerprint density at radius 2 is 2.04 bits per heavy atom. The van der Waals surface area contributed by atoms with E-state index >= 15 is 0 Å². The van der Waals surface area contributed by atoms with E-state index in [9.17, 15) is 0 Å². The van der Waals surface area contributed by atoms with Crippen molar-refractivity contribution in [1.82, 2.24) is 9.97 Å². The van der Waals surface area contributed by atoms with Crippen LogP contribution in [0.3, 0.4) is 0 Å². The molecule has 1 saturated heterocycles. The van der Waals surface area contributed by atoms with Crippen LogP contribution in [0.2, 0.25) is 0 Å². The van der Waals surface area contributed by atoms with E-state index in [0.717, 1.165) is 37.3 Å². The zero-order chi connectivity index (χ0) is 16.2. The van der Waals surface area contributed by atoms with Gasteiger partial charge >= 0.3 is 0 Å². The third kappa shape index (κ3) is 3.24. The van der Waals surface area contributed by atoms with E-state index in [4.69, 9.17) is 4.74 Å². The Bertz CT molecular complexity index is 801. The minimum absolute atomic E-state index is 0.236. The maximum absolute atomic E-state index is 6.12. The van der Waals surface area contributed by atoms with E-state index in [-0.39, 0.29) is 6.10 Å². The largest absolute Gasteiger partial charge is 0.372 e. The van der Waals surface area contributed by atoms with E-state index < -0.39 is 0 Å². The molecule has 0 N–H and O–H groups in total. The van der Waals surface area contributed by atoms with Crippen molar-refractivity contribution in [3.05, 3.63) is 66.6 Å². The molecule has 3 aromatic rings. The van der Waals surface area contributed by atoms with Crippen molar-refractivity contribution in [2.45, 2.75) is 25.6 Å². The summed E-state index contributed by atoms with van der Waals surface area (Å²) in [5.41, 5.74) is 1.12. The quantitative estimate of drug-likeness (QED) is 0.733. The zero-order valence-electron chi connectivity index (χ0n) is 13.6. The highest BCUT2D eigenvalue weighted by atomic mass is 16.5. The number of ether oxygens (including phenoxy) is 1. The number of hydrogen-bond donors (Lipinski definition) is 0. The molecule has 1 atom stereocenters. The third-order valence-electron chi connectivity index (χ3n) is 4.54. The van der Waals surface area contributed by atoms with Crippen LogP contribution in [0.5, 0.6) is 0 Å². The molecule has 0 saturated carbocycles. The number of rotatable bonds is 4.